The summed E-state index contributed by atoms with van der Waals surface area (Å²) in [7, 11) is 0. The summed E-state index contributed by atoms with van der Waals surface area (Å²) in [6.07, 6.45) is 1.47. The zero-order valence-corrected chi connectivity index (χ0v) is 13.4. The smallest absolute Gasteiger partial charge is 0.201 e. The molecule has 2 rings (SSSR count). The Hall–Kier alpha value is 0.410. The molecular formula is C9H4Cl4F2N2S2. The molecule has 0 fully saturated rings. The van der Waals surface area contributed by atoms with E-state index in [0.29, 0.717) is 39.5 Å². The average molecular weight is 384 g/mol. The van der Waals surface area contributed by atoms with Crippen LogP contribution in [-0.4, -0.2) is 17.0 Å². The summed E-state index contributed by atoms with van der Waals surface area (Å²) in [6.45, 7) is 0. The van der Waals surface area contributed by atoms with Crippen LogP contribution in [0.3, 0.4) is 0 Å². The predicted octanol–water partition coefficient (Wildman–Crippen LogP) is 5.74. The van der Waals surface area contributed by atoms with Crippen molar-refractivity contribution in [3.63, 3.8) is 0 Å². The number of halogens is 6. The molecule has 0 saturated heterocycles. The highest BCUT2D eigenvalue weighted by atomic mass is 35.5. The Bertz CT molecular complexity index is 594. The van der Waals surface area contributed by atoms with Crippen molar-refractivity contribution in [2.24, 2.45) is 0 Å². The van der Waals surface area contributed by atoms with E-state index in [4.69, 9.17) is 46.4 Å². The number of aromatic nitrogens is 2. The third-order valence-electron chi connectivity index (χ3n) is 1.93. The first-order chi connectivity index (χ1) is 8.64. The predicted molar refractivity (Wildman–Crippen MR) is 79.7 cm³/mol. The van der Waals surface area contributed by atoms with Gasteiger partial charge in [-0.3, -0.25) is 0 Å². The molecule has 0 unspecified atom stereocenters. The van der Waals surface area contributed by atoms with Crippen LogP contribution >= 0.6 is 70.1 Å². The Kier molecular flexibility index (Phi) is 4.70. The van der Waals surface area contributed by atoms with Crippen LogP contribution in [0.4, 0.5) is 8.78 Å². The number of thioether (sulfide) groups is 1. The van der Waals surface area contributed by atoms with Crippen LogP contribution in [0.25, 0.3) is 10.9 Å². The molecule has 2 aromatic rings. The lowest BCUT2D eigenvalue weighted by Gasteiger charge is -2.10. The molecule has 0 amide bonds. The molecule has 0 aliphatic rings. The minimum absolute atomic E-state index is 0.493. The molecule has 104 valence electrons. The van der Waals surface area contributed by atoms with Gasteiger partial charge in [-0.25, -0.2) is 4.09 Å². The van der Waals surface area contributed by atoms with E-state index in [1.807, 2.05) is 0 Å². The Labute approximate surface area is 135 Å². The van der Waals surface area contributed by atoms with E-state index < -0.39 is 7.84 Å². The van der Waals surface area contributed by atoms with Gasteiger partial charge in [-0.05, 0) is 18.2 Å². The summed E-state index contributed by atoms with van der Waals surface area (Å²) in [4.78, 5) is 0.507. The third kappa shape index (κ3) is 4.72. The Morgan fingerprint density at radius 2 is 1.79 bits per heavy atom. The van der Waals surface area contributed by atoms with Gasteiger partial charge in [0.2, 0.25) is 0 Å². The van der Waals surface area contributed by atoms with E-state index >= 15 is 0 Å². The maximum atomic E-state index is 13.1. The average Bonchev–Trinajstić information content (AvgIpc) is 2.56. The fourth-order valence-corrected chi connectivity index (χ4v) is 3.43. The molecule has 10 heteroatoms. The number of nitrogens with zero attached hydrogens (tertiary/aromatic N) is 2. The maximum absolute atomic E-state index is 13.1. The Morgan fingerprint density at radius 3 is 2.37 bits per heavy atom. The van der Waals surface area contributed by atoms with Gasteiger partial charge in [0, 0.05) is 10.3 Å². The molecule has 0 N–H and O–H groups in total. The minimum atomic E-state index is -2.49. The SMILES string of the molecule is FC(Cl)(Cl)Sc1ccc2c(cnn2SC(F)(Cl)Cl)c1. The van der Waals surface area contributed by atoms with Gasteiger partial charge in [-0.15, -0.1) is 0 Å². The molecule has 0 atom stereocenters. The van der Waals surface area contributed by atoms with Crippen molar-refractivity contribution < 1.29 is 8.78 Å². The standard InChI is InChI=1S/C9H4Cl4F2N2S2/c10-8(11,14)18-6-1-2-7-5(3-6)4-16-17(7)19-9(12,13)15/h1-4H. The molecule has 1 heterocycles. The van der Waals surface area contributed by atoms with E-state index in [0.717, 1.165) is 0 Å². The van der Waals surface area contributed by atoms with Gasteiger partial charge in [0.1, 0.15) is 0 Å². The molecule has 2 nitrogen and oxygen atoms in total. The van der Waals surface area contributed by atoms with Gasteiger partial charge in [0.15, 0.2) is 0 Å². The Morgan fingerprint density at radius 1 is 1.11 bits per heavy atom. The van der Waals surface area contributed by atoms with Crippen LogP contribution in [0, 0.1) is 0 Å². The van der Waals surface area contributed by atoms with Crippen LogP contribution in [-0.2, 0) is 0 Å². The fraction of sp³-hybridized carbons (Fsp3) is 0.222. The van der Waals surface area contributed by atoms with Gasteiger partial charge in [0.05, 0.1) is 23.7 Å². The summed E-state index contributed by atoms with van der Waals surface area (Å²) in [6, 6.07) is 4.80. The summed E-state index contributed by atoms with van der Waals surface area (Å²) >= 11 is 22.2. The number of fused-ring (bicyclic) bond motifs is 1. The van der Waals surface area contributed by atoms with Crippen molar-refractivity contribution in [2.45, 2.75) is 12.7 Å². The molecular weight excluding hydrogens is 380 g/mol. The molecule has 0 radical (unpaired) electrons. The lowest BCUT2D eigenvalue weighted by atomic mass is 10.3. The Balaban J connectivity index is 2.32. The molecule has 0 aliphatic carbocycles. The van der Waals surface area contributed by atoms with Crippen LogP contribution in [0.1, 0.15) is 0 Å². The van der Waals surface area contributed by atoms with Crippen LogP contribution in [0.5, 0.6) is 0 Å². The van der Waals surface area contributed by atoms with E-state index in [1.165, 1.54) is 10.3 Å². The van der Waals surface area contributed by atoms with Crippen molar-refractivity contribution in [2.75, 3.05) is 0 Å². The number of rotatable bonds is 4. The summed E-state index contributed by atoms with van der Waals surface area (Å²) in [5.41, 5.74) is 0.575. The highest BCUT2D eigenvalue weighted by molar-refractivity contribution is 8.03. The minimum Gasteiger partial charge on any atom is -0.201 e. The van der Waals surface area contributed by atoms with Crippen molar-refractivity contribution in [1.29, 1.82) is 0 Å². The largest absolute Gasteiger partial charge is 0.325 e. The molecule has 1 aromatic heterocycles. The van der Waals surface area contributed by atoms with Crippen molar-refractivity contribution in [3.05, 3.63) is 24.4 Å². The molecule has 0 saturated carbocycles. The zero-order chi connectivity index (χ0) is 14.3. The lowest BCUT2D eigenvalue weighted by Crippen LogP contribution is -2.02. The quantitative estimate of drug-likeness (QED) is 0.495. The van der Waals surface area contributed by atoms with E-state index in [2.05, 4.69) is 5.10 Å². The molecule has 1 aromatic carbocycles. The monoisotopic (exact) mass is 382 g/mol. The van der Waals surface area contributed by atoms with Crippen LogP contribution < -0.4 is 0 Å². The lowest BCUT2D eigenvalue weighted by molar-refractivity contribution is 0.513. The summed E-state index contributed by atoms with van der Waals surface area (Å²) in [5, 5.41) is 4.57. The summed E-state index contributed by atoms with van der Waals surface area (Å²) in [5.74, 6) is 0. The zero-order valence-electron chi connectivity index (χ0n) is 8.79. The molecule has 0 spiro atoms. The fourth-order valence-electron chi connectivity index (χ4n) is 1.35. The van der Waals surface area contributed by atoms with Gasteiger partial charge >= 0.3 is 7.84 Å². The normalized spacial score (nSPS) is 13.2. The second-order valence-corrected chi connectivity index (χ2v) is 9.02. The van der Waals surface area contributed by atoms with Crippen molar-refractivity contribution in [3.8, 4) is 0 Å². The molecule has 0 aliphatic heterocycles. The second-order valence-electron chi connectivity index (χ2n) is 3.32. The highest BCUT2D eigenvalue weighted by Gasteiger charge is 2.27. The first-order valence-corrected chi connectivity index (χ1v) is 7.74. The van der Waals surface area contributed by atoms with E-state index in [1.54, 1.807) is 18.2 Å². The van der Waals surface area contributed by atoms with Crippen LogP contribution in [0.2, 0.25) is 0 Å². The van der Waals surface area contributed by atoms with E-state index in [9.17, 15) is 8.78 Å². The first-order valence-electron chi connectivity index (χ1n) is 4.64. The number of benzene rings is 1. The molecule has 19 heavy (non-hydrogen) atoms. The third-order valence-corrected chi connectivity index (χ3v) is 4.20. The first kappa shape index (κ1) is 15.8. The molecule has 0 bridgehead atoms. The van der Waals surface area contributed by atoms with Gasteiger partial charge < -0.3 is 0 Å². The topological polar surface area (TPSA) is 17.8 Å². The van der Waals surface area contributed by atoms with Gasteiger partial charge in [-0.1, -0.05) is 58.2 Å². The highest BCUT2D eigenvalue weighted by Crippen LogP contribution is 2.43. The van der Waals surface area contributed by atoms with Gasteiger partial charge in [0.25, 0.3) is 0 Å². The number of alkyl halides is 6. The summed E-state index contributed by atoms with van der Waals surface area (Å²) < 4.78 is 22.5. The van der Waals surface area contributed by atoms with Gasteiger partial charge in [-0.2, -0.15) is 13.9 Å². The van der Waals surface area contributed by atoms with Crippen molar-refractivity contribution >= 4 is 81.0 Å². The number of hydrogen-bond donors (Lipinski definition) is 0. The second kappa shape index (κ2) is 5.66. The van der Waals surface area contributed by atoms with E-state index in [-0.39, 0.29) is 0 Å². The van der Waals surface area contributed by atoms with Crippen LogP contribution in [0.15, 0.2) is 29.3 Å². The number of hydrogen-bond acceptors (Lipinski definition) is 3. The van der Waals surface area contributed by atoms with Crippen molar-refractivity contribution in [1.82, 2.24) is 9.19 Å². The maximum Gasteiger partial charge on any atom is 0.325 e.